The first-order valence-electron chi connectivity index (χ1n) is 5.13. The van der Waals surface area contributed by atoms with E-state index in [2.05, 4.69) is 0 Å². The van der Waals surface area contributed by atoms with Crippen LogP contribution in [0.1, 0.15) is 29.8 Å². The topological polar surface area (TPSA) is 35.5 Å². The van der Waals surface area contributed by atoms with Crippen LogP contribution in [-0.4, -0.2) is 18.7 Å². The van der Waals surface area contributed by atoms with Crippen LogP contribution in [0.3, 0.4) is 0 Å². The summed E-state index contributed by atoms with van der Waals surface area (Å²) in [5.41, 5.74) is 0.983. The molecule has 0 aliphatic carbocycles. The largest absolute Gasteiger partial charge is 0.482 e. The minimum Gasteiger partial charge on any atom is -0.482 e. The Morgan fingerprint density at radius 1 is 1.38 bits per heavy atom. The maximum atomic E-state index is 11.6. The molecule has 0 fully saturated rings. The molecule has 1 aliphatic rings. The van der Waals surface area contributed by atoms with Gasteiger partial charge in [0.05, 0.1) is 7.11 Å². The average Bonchev–Trinajstić information content (AvgIpc) is 2.26. The van der Waals surface area contributed by atoms with Crippen molar-refractivity contribution in [3.63, 3.8) is 0 Å². The van der Waals surface area contributed by atoms with Crippen molar-refractivity contribution in [3.8, 4) is 5.75 Å². The lowest BCUT2D eigenvalue weighted by molar-refractivity contribution is 0.0589. The zero-order valence-electron chi connectivity index (χ0n) is 9.61. The minimum atomic E-state index is -0.392. The van der Waals surface area contributed by atoms with Gasteiger partial charge in [0.25, 0.3) is 0 Å². The molecular weight excluding hydrogens is 204 g/mol. The third-order valence-electron chi connectivity index (χ3n) is 2.48. The van der Waals surface area contributed by atoms with E-state index in [1.54, 1.807) is 6.07 Å². The molecule has 2 rings (SSSR count). The molecule has 0 N–H and O–H groups in total. The molecule has 0 aromatic heterocycles. The van der Waals surface area contributed by atoms with Crippen LogP contribution < -0.4 is 4.74 Å². The number of carbonyl (C=O) groups excluding carboxylic acids is 1. The molecule has 1 heterocycles. The number of rotatable bonds is 1. The van der Waals surface area contributed by atoms with E-state index in [0.717, 1.165) is 5.56 Å². The summed E-state index contributed by atoms with van der Waals surface area (Å²) < 4.78 is 10.5. The first-order chi connectivity index (χ1) is 7.53. The van der Waals surface area contributed by atoms with Crippen LogP contribution >= 0.6 is 0 Å². The van der Waals surface area contributed by atoms with Gasteiger partial charge in [-0.3, -0.25) is 0 Å². The highest BCUT2D eigenvalue weighted by Crippen LogP contribution is 2.34. The molecule has 0 unspecified atom stereocenters. The second kappa shape index (κ2) is 3.67. The zero-order chi connectivity index (χ0) is 11.8. The Morgan fingerprint density at radius 3 is 2.81 bits per heavy atom. The van der Waals surface area contributed by atoms with Crippen LogP contribution in [0.5, 0.6) is 5.75 Å². The van der Waals surface area contributed by atoms with Crippen LogP contribution in [-0.2, 0) is 4.74 Å². The maximum absolute atomic E-state index is 11.6. The van der Waals surface area contributed by atoms with Gasteiger partial charge in [0.1, 0.15) is 16.9 Å². The Bertz CT molecular complexity index is 458. The molecular formula is C13H14O3. The van der Waals surface area contributed by atoms with Crippen molar-refractivity contribution in [1.82, 2.24) is 0 Å². The third-order valence-corrected chi connectivity index (χ3v) is 2.48. The van der Waals surface area contributed by atoms with Crippen molar-refractivity contribution >= 4 is 12.0 Å². The van der Waals surface area contributed by atoms with E-state index in [1.807, 2.05) is 38.1 Å². The van der Waals surface area contributed by atoms with Gasteiger partial charge in [-0.05, 0) is 26.0 Å². The van der Waals surface area contributed by atoms with E-state index in [1.165, 1.54) is 7.11 Å². The summed E-state index contributed by atoms with van der Waals surface area (Å²) in [5, 5.41) is 0. The molecule has 1 aromatic rings. The van der Waals surface area contributed by atoms with E-state index in [-0.39, 0.29) is 5.97 Å². The van der Waals surface area contributed by atoms with Gasteiger partial charge >= 0.3 is 5.97 Å². The smallest absolute Gasteiger partial charge is 0.341 e. The number of methoxy groups -OCH3 is 1. The van der Waals surface area contributed by atoms with Gasteiger partial charge in [-0.15, -0.1) is 0 Å². The minimum absolute atomic E-state index is 0.372. The predicted octanol–water partition coefficient (Wildman–Crippen LogP) is 2.66. The summed E-state index contributed by atoms with van der Waals surface area (Å²) in [6.07, 6.45) is 3.93. The second-order valence-electron chi connectivity index (χ2n) is 4.25. The number of ether oxygens (including phenoxy) is 2. The maximum Gasteiger partial charge on any atom is 0.341 e. The highest BCUT2D eigenvalue weighted by atomic mass is 16.5. The summed E-state index contributed by atoms with van der Waals surface area (Å²) in [7, 11) is 1.37. The number of fused-ring (bicyclic) bond motifs is 1. The molecule has 1 aromatic carbocycles. The third kappa shape index (κ3) is 1.81. The summed E-state index contributed by atoms with van der Waals surface area (Å²) in [4.78, 5) is 11.6. The van der Waals surface area contributed by atoms with Crippen molar-refractivity contribution in [3.05, 3.63) is 35.4 Å². The van der Waals surface area contributed by atoms with E-state index < -0.39 is 5.60 Å². The fourth-order valence-electron chi connectivity index (χ4n) is 1.66. The number of esters is 1. The number of hydrogen-bond donors (Lipinski definition) is 0. The highest BCUT2D eigenvalue weighted by Gasteiger charge is 2.26. The molecule has 16 heavy (non-hydrogen) atoms. The first-order valence-corrected chi connectivity index (χ1v) is 5.13. The molecule has 1 aliphatic heterocycles. The normalized spacial score (nSPS) is 16.2. The fraction of sp³-hybridized carbons (Fsp3) is 0.308. The molecule has 3 heteroatoms. The number of benzene rings is 1. The molecule has 3 nitrogen and oxygen atoms in total. The molecule has 0 atom stereocenters. The lowest BCUT2D eigenvalue weighted by atomic mass is 10.00. The van der Waals surface area contributed by atoms with Crippen molar-refractivity contribution in [2.24, 2.45) is 0 Å². The quantitative estimate of drug-likeness (QED) is 0.680. The zero-order valence-corrected chi connectivity index (χ0v) is 9.61. The SMILES string of the molecule is COC(=O)c1cccc2c1OC(C)(C)C=C2. The van der Waals surface area contributed by atoms with E-state index in [0.29, 0.717) is 11.3 Å². The summed E-state index contributed by atoms with van der Waals surface area (Å²) in [6.45, 7) is 3.89. The van der Waals surface area contributed by atoms with Gasteiger partial charge in [0, 0.05) is 5.56 Å². The molecule has 0 radical (unpaired) electrons. The van der Waals surface area contributed by atoms with Crippen LogP contribution in [0.4, 0.5) is 0 Å². The van der Waals surface area contributed by atoms with Crippen LogP contribution in [0, 0.1) is 0 Å². The van der Waals surface area contributed by atoms with E-state index >= 15 is 0 Å². The van der Waals surface area contributed by atoms with Gasteiger partial charge in [0.2, 0.25) is 0 Å². The van der Waals surface area contributed by atoms with Crippen molar-refractivity contribution in [2.75, 3.05) is 7.11 Å². The van der Waals surface area contributed by atoms with Crippen LogP contribution in [0.2, 0.25) is 0 Å². The molecule has 0 saturated carbocycles. The van der Waals surface area contributed by atoms with Crippen molar-refractivity contribution < 1.29 is 14.3 Å². The van der Waals surface area contributed by atoms with Gasteiger partial charge < -0.3 is 9.47 Å². The average molecular weight is 218 g/mol. The summed E-state index contributed by atoms with van der Waals surface area (Å²) >= 11 is 0. The Balaban J connectivity index is 2.53. The van der Waals surface area contributed by atoms with Gasteiger partial charge in [-0.1, -0.05) is 18.2 Å². The van der Waals surface area contributed by atoms with Crippen molar-refractivity contribution in [1.29, 1.82) is 0 Å². The molecule has 0 amide bonds. The fourth-order valence-corrected chi connectivity index (χ4v) is 1.66. The Kier molecular flexibility index (Phi) is 2.46. The molecule has 0 saturated heterocycles. The van der Waals surface area contributed by atoms with Crippen molar-refractivity contribution in [2.45, 2.75) is 19.4 Å². The molecule has 0 bridgehead atoms. The lowest BCUT2D eigenvalue weighted by Gasteiger charge is -2.28. The Hall–Kier alpha value is -1.77. The molecule has 0 spiro atoms. The van der Waals surface area contributed by atoms with Crippen LogP contribution in [0.15, 0.2) is 24.3 Å². The number of carbonyl (C=O) groups is 1. The Morgan fingerprint density at radius 2 is 2.12 bits per heavy atom. The summed E-state index contributed by atoms with van der Waals surface area (Å²) in [6, 6.07) is 5.44. The Labute approximate surface area is 94.7 Å². The van der Waals surface area contributed by atoms with Gasteiger partial charge in [0.15, 0.2) is 0 Å². The predicted molar refractivity (Wildman–Crippen MR) is 61.5 cm³/mol. The van der Waals surface area contributed by atoms with E-state index in [4.69, 9.17) is 9.47 Å². The summed E-state index contributed by atoms with van der Waals surface area (Å²) in [5.74, 6) is 0.227. The highest BCUT2D eigenvalue weighted by molar-refractivity contribution is 5.94. The van der Waals surface area contributed by atoms with Gasteiger partial charge in [-0.25, -0.2) is 4.79 Å². The number of hydrogen-bond acceptors (Lipinski definition) is 3. The van der Waals surface area contributed by atoms with E-state index in [9.17, 15) is 4.79 Å². The number of para-hydroxylation sites is 1. The second-order valence-corrected chi connectivity index (χ2v) is 4.25. The lowest BCUT2D eigenvalue weighted by Crippen LogP contribution is -2.28. The van der Waals surface area contributed by atoms with Gasteiger partial charge in [-0.2, -0.15) is 0 Å². The monoisotopic (exact) mass is 218 g/mol. The molecule has 84 valence electrons. The first kappa shape index (κ1) is 10.7. The van der Waals surface area contributed by atoms with Crippen LogP contribution in [0.25, 0.3) is 6.08 Å². The standard InChI is InChI=1S/C13H14O3/c1-13(2)8-7-9-5-4-6-10(11(9)16-13)12(14)15-3/h4-8H,1-3H3.